The third-order valence-electron chi connectivity index (χ3n) is 4.00. The highest BCUT2D eigenvalue weighted by Crippen LogP contribution is 2.18. The zero-order chi connectivity index (χ0) is 17.8. The van der Waals surface area contributed by atoms with Crippen LogP contribution in [0.5, 0.6) is 5.88 Å². The van der Waals surface area contributed by atoms with Crippen LogP contribution in [0.3, 0.4) is 0 Å². The second-order valence-corrected chi connectivity index (χ2v) is 5.75. The molecule has 2 N–H and O–H groups in total. The first kappa shape index (κ1) is 15.9. The van der Waals surface area contributed by atoms with E-state index in [1.54, 1.807) is 13.3 Å². The first-order valence-corrected chi connectivity index (χ1v) is 8.11. The maximum Gasteiger partial charge on any atom is 0.222 e. The number of anilines is 1. The summed E-state index contributed by atoms with van der Waals surface area (Å²) in [4.78, 5) is 24.4. The summed E-state index contributed by atoms with van der Waals surface area (Å²) in [6.07, 6.45) is 11.4. The Hall–Kier alpha value is -3.55. The zero-order valence-electron chi connectivity index (χ0n) is 14.2. The second kappa shape index (κ2) is 7.14. The fraction of sp³-hybridized carbons (Fsp3) is 0.167. The molecule has 26 heavy (non-hydrogen) atoms. The van der Waals surface area contributed by atoms with Crippen molar-refractivity contribution in [3.63, 3.8) is 0 Å². The molecule has 0 atom stereocenters. The molecule has 0 aliphatic heterocycles. The summed E-state index contributed by atoms with van der Waals surface area (Å²) < 4.78 is 5.05. The van der Waals surface area contributed by atoms with Gasteiger partial charge in [0.05, 0.1) is 7.11 Å². The lowest BCUT2D eigenvalue weighted by atomic mass is 10.1. The molecule has 130 valence electrons. The average Bonchev–Trinajstić information content (AvgIpc) is 3.11. The van der Waals surface area contributed by atoms with Crippen molar-refractivity contribution < 1.29 is 4.74 Å². The Morgan fingerprint density at radius 2 is 1.85 bits per heavy atom. The molecule has 0 bridgehead atoms. The standard InChI is InChI=1S/C18H17N7O/c1-26-16-3-2-12(5-20-16)6-22-18-23-7-13(8-24-18)4-14-9-21-17-15(14)10-19-11-25-17/h2-3,5,7-11H,4,6H2,1H3,(H,19,21,25)(H,22,23,24). The van der Waals surface area contributed by atoms with Crippen LogP contribution in [0, 0.1) is 0 Å². The lowest BCUT2D eigenvalue weighted by molar-refractivity contribution is 0.397. The maximum absolute atomic E-state index is 5.05. The molecule has 4 aromatic heterocycles. The number of pyridine rings is 1. The molecule has 8 heteroatoms. The maximum atomic E-state index is 5.05. The summed E-state index contributed by atoms with van der Waals surface area (Å²) in [5.74, 6) is 1.17. The van der Waals surface area contributed by atoms with E-state index in [9.17, 15) is 0 Å². The van der Waals surface area contributed by atoms with Gasteiger partial charge in [-0.3, -0.25) is 0 Å². The van der Waals surface area contributed by atoms with Crippen molar-refractivity contribution >= 4 is 17.0 Å². The number of hydrogen-bond acceptors (Lipinski definition) is 7. The van der Waals surface area contributed by atoms with E-state index in [1.807, 2.05) is 36.9 Å². The van der Waals surface area contributed by atoms with E-state index < -0.39 is 0 Å². The molecule has 8 nitrogen and oxygen atoms in total. The van der Waals surface area contributed by atoms with Crippen LogP contribution in [-0.4, -0.2) is 37.0 Å². The number of nitrogens with zero attached hydrogens (tertiary/aromatic N) is 5. The number of methoxy groups -OCH3 is 1. The number of hydrogen-bond donors (Lipinski definition) is 2. The first-order valence-electron chi connectivity index (χ1n) is 8.11. The van der Waals surface area contributed by atoms with E-state index >= 15 is 0 Å². The van der Waals surface area contributed by atoms with Crippen LogP contribution in [0.25, 0.3) is 11.0 Å². The van der Waals surface area contributed by atoms with Gasteiger partial charge in [-0.25, -0.2) is 24.9 Å². The summed E-state index contributed by atoms with van der Waals surface area (Å²) in [5.41, 5.74) is 4.00. The predicted molar refractivity (Wildman–Crippen MR) is 96.8 cm³/mol. The van der Waals surface area contributed by atoms with E-state index in [0.717, 1.165) is 34.1 Å². The Labute approximate surface area is 149 Å². The third kappa shape index (κ3) is 3.44. The van der Waals surface area contributed by atoms with Gasteiger partial charge in [0.1, 0.15) is 12.0 Å². The van der Waals surface area contributed by atoms with Crippen LogP contribution in [0.1, 0.15) is 16.7 Å². The van der Waals surface area contributed by atoms with Gasteiger partial charge in [-0.05, 0) is 16.7 Å². The number of aromatic nitrogens is 6. The Balaban J connectivity index is 1.40. The van der Waals surface area contributed by atoms with Crippen LogP contribution in [0.4, 0.5) is 5.95 Å². The van der Waals surface area contributed by atoms with Gasteiger partial charge in [0.25, 0.3) is 0 Å². The molecule has 0 amide bonds. The largest absolute Gasteiger partial charge is 0.481 e. The third-order valence-corrected chi connectivity index (χ3v) is 4.00. The fourth-order valence-electron chi connectivity index (χ4n) is 2.63. The van der Waals surface area contributed by atoms with Crippen molar-refractivity contribution in [2.45, 2.75) is 13.0 Å². The molecular formula is C18H17N7O. The van der Waals surface area contributed by atoms with Gasteiger partial charge in [-0.1, -0.05) is 6.07 Å². The Morgan fingerprint density at radius 3 is 2.62 bits per heavy atom. The van der Waals surface area contributed by atoms with Crippen LogP contribution >= 0.6 is 0 Å². The van der Waals surface area contributed by atoms with E-state index in [1.165, 1.54) is 6.33 Å². The zero-order valence-corrected chi connectivity index (χ0v) is 14.2. The van der Waals surface area contributed by atoms with Crippen molar-refractivity contribution in [3.05, 3.63) is 66.1 Å². The van der Waals surface area contributed by atoms with E-state index in [0.29, 0.717) is 18.4 Å². The predicted octanol–water partition coefficient (Wildman–Crippen LogP) is 2.35. The average molecular weight is 347 g/mol. The SMILES string of the molecule is COc1ccc(CNc2ncc(Cc3c[nH]c4ncncc34)cn2)cn1. The highest BCUT2D eigenvalue weighted by Gasteiger charge is 2.06. The lowest BCUT2D eigenvalue weighted by Gasteiger charge is -2.06. The lowest BCUT2D eigenvalue weighted by Crippen LogP contribution is -2.04. The monoisotopic (exact) mass is 347 g/mol. The Kier molecular flexibility index (Phi) is 4.38. The second-order valence-electron chi connectivity index (χ2n) is 5.75. The van der Waals surface area contributed by atoms with Gasteiger partial charge in [-0.15, -0.1) is 0 Å². The molecular weight excluding hydrogens is 330 g/mol. The van der Waals surface area contributed by atoms with Gasteiger partial charge in [0.15, 0.2) is 0 Å². The molecule has 0 saturated carbocycles. The number of ether oxygens (including phenoxy) is 1. The molecule has 0 aliphatic carbocycles. The molecule has 0 saturated heterocycles. The number of H-pyrrole nitrogens is 1. The van der Waals surface area contributed by atoms with Crippen molar-refractivity contribution in [1.29, 1.82) is 0 Å². The van der Waals surface area contributed by atoms with Crippen LogP contribution < -0.4 is 10.1 Å². The summed E-state index contributed by atoms with van der Waals surface area (Å²) >= 11 is 0. The van der Waals surface area contributed by atoms with Crippen molar-refractivity contribution in [1.82, 2.24) is 29.9 Å². The molecule has 0 radical (unpaired) electrons. The molecule has 0 fully saturated rings. The number of rotatable bonds is 6. The minimum atomic E-state index is 0.576. The van der Waals surface area contributed by atoms with E-state index in [-0.39, 0.29) is 0 Å². The van der Waals surface area contributed by atoms with Crippen LogP contribution in [-0.2, 0) is 13.0 Å². The van der Waals surface area contributed by atoms with Crippen LogP contribution in [0.15, 0.2) is 49.4 Å². The van der Waals surface area contributed by atoms with Crippen molar-refractivity contribution in [2.24, 2.45) is 0 Å². The quantitative estimate of drug-likeness (QED) is 0.552. The Morgan fingerprint density at radius 1 is 1.00 bits per heavy atom. The molecule has 0 aromatic carbocycles. The Bertz CT molecular complexity index is 996. The molecule has 0 spiro atoms. The van der Waals surface area contributed by atoms with Crippen molar-refractivity contribution in [3.8, 4) is 5.88 Å². The molecule has 4 heterocycles. The minimum Gasteiger partial charge on any atom is -0.481 e. The topological polar surface area (TPSA) is 102 Å². The molecule has 0 unspecified atom stereocenters. The summed E-state index contributed by atoms with van der Waals surface area (Å²) in [6.45, 7) is 0.593. The molecule has 4 rings (SSSR count). The highest BCUT2D eigenvalue weighted by atomic mass is 16.5. The smallest absolute Gasteiger partial charge is 0.222 e. The van der Waals surface area contributed by atoms with Gasteiger partial charge in [0, 0.05) is 55.4 Å². The first-order chi connectivity index (χ1) is 12.8. The number of nitrogens with one attached hydrogen (secondary N) is 2. The summed E-state index contributed by atoms with van der Waals surface area (Å²) in [6, 6.07) is 3.78. The van der Waals surface area contributed by atoms with Gasteiger partial charge in [-0.2, -0.15) is 0 Å². The fourth-order valence-corrected chi connectivity index (χ4v) is 2.63. The molecule has 0 aliphatic rings. The molecule has 4 aromatic rings. The van der Waals surface area contributed by atoms with Crippen LogP contribution in [0.2, 0.25) is 0 Å². The van der Waals surface area contributed by atoms with E-state index in [4.69, 9.17) is 4.74 Å². The summed E-state index contributed by atoms with van der Waals surface area (Å²) in [5, 5.41) is 4.20. The summed E-state index contributed by atoms with van der Waals surface area (Å²) in [7, 11) is 1.60. The van der Waals surface area contributed by atoms with Crippen molar-refractivity contribution in [2.75, 3.05) is 12.4 Å². The van der Waals surface area contributed by atoms with Gasteiger partial charge in [0.2, 0.25) is 11.8 Å². The van der Waals surface area contributed by atoms with Gasteiger partial charge >= 0.3 is 0 Å². The highest BCUT2D eigenvalue weighted by molar-refractivity contribution is 5.78. The van der Waals surface area contributed by atoms with E-state index in [2.05, 4.69) is 35.2 Å². The normalized spacial score (nSPS) is 10.8. The van der Waals surface area contributed by atoms with Gasteiger partial charge < -0.3 is 15.0 Å². The number of fused-ring (bicyclic) bond motifs is 1. The minimum absolute atomic E-state index is 0.576. The number of aromatic amines is 1.